The van der Waals surface area contributed by atoms with Gasteiger partial charge in [-0.1, -0.05) is 46.1 Å². The van der Waals surface area contributed by atoms with Crippen molar-refractivity contribution >= 4 is 22.6 Å². The Kier molecular flexibility index (Phi) is 5.32. The highest BCUT2D eigenvalue weighted by atomic mass is 35.5. The minimum Gasteiger partial charge on any atom is -0.326 e. The van der Waals surface area contributed by atoms with Gasteiger partial charge < -0.3 is 4.57 Å². The van der Waals surface area contributed by atoms with Crippen molar-refractivity contribution in [2.24, 2.45) is 5.41 Å². The van der Waals surface area contributed by atoms with Crippen LogP contribution in [0.25, 0.3) is 11.0 Å². The Morgan fingerprint density at radius 3 is 2.67 bits per heavy atom. The Balaban J connectivity index is 2.29. The zero-order chi connectivity index (χ0) is 15.5. The van der Waals surface area contributed by atoms with Gasteiger partial charge in [-0.2, -0.15) is 0 Å². The van der Waals surface area contributed by atoms with E-state index in [4.69, 9.17) is 11.6 Å². The van der Waals surface area contributed by atoms with E-state index in [0.29, 0.717) is 5.88 Å². The molecule has 2 aromatic rings. The maximum Gasteiger partial charge on any atom is 0.124 e. The molecule has 21 heavy (non-hydrogen) atoms. The van der Waals surface area contributed by atoms with E-state index in [-0.39, 0.29) is 5.41 Å². The van der Waals surface area contributed by atoms with Gasteiger partial charge in [-0.3, -0.25) is 0 Å². The Hall–Kier alpha value is -1.02. The highest BCUT2D eigenvalue weighted by Crippen LogP contribution is 2.29. The molecule has 116 valence electrons. The van der Waals surface area contributed by atoms with E-state index in [1.165, 1.54) is 36.8 Å². The van der Waals surface area contributed by atoms with Crippen LogP contribution in [-0.2, 0) is 12.4 Å². The lowest BCUT2D eigenvalue weighted by Gasteiger charge is -2.26. The summed E-state index contributed by atoms with van der Waals surface area (Å²) in [7, 11) is 0. The summed E-state index contributed by atoms with van der Waals surface area (Å²) in [6, 6.07) is 6.44. The number of fused-ring (bicyclic) bond motifs is 1. The van der Waals surface area contributed by atoms with Crippen molar-refractivity contribution in [2.45, 2.75) is 65.8 Å². The highest BCUT2D eigenvalue weighted by Gasteiger charge is 2.21. The molecule has 0 saturated carbocycles. The van der Waals surface area contributed by atoms with E-state index in [0.717, 1.165) is 17.9 Å². The first-order valence-electron chi connectivity index (χ1n) is 7.98. The van der Waals surface area contributed by atoms with Gasteiger partial charge in [0, 0.05) is 6.54 Å². The summed E-state index contributed by atoms with van der Waals surface area (Å²) >= 11 is 6.12. The molecule has 0 atom stereocenters. The molecule has 0 spiro atoms. The summed E-state index contributed by atoms with van der Waals surface area (Å²) in [4.78, 5) is 4.68. The fourth-order valence-electron chi connectivity index (χ4n) is 2.92. The van der Waals surface area contributed by atoms with E-state index < -0.39 is 0 Å². The number of hydrogen-bond acceptors (Lipinski definition) is 1. The minimum absolute atomic E-state index is 0.271. The first-order valence-corrected chi connectivity index (χ1v) is 8.52. The number of rotatable bonds is 7. The molecular formula is C18H27ClN2. The highest BCUT2D eigenvalue weighted by molar-refractivity contribution is 6.16. The van der Waals surface area contributed by atoms with E-state index in [1.807, 2.05) is 0 Å². The molecule has 1 heterocycles. The maximum atomic E-state index is 6.12. The number of imidazole rings is 1. The molecular weight excluding hydrogens is 280 g/mol. The summed E-state index contributed by atoms with van der Waals surface area (Å²) in [5, 5.41) is 0. The second kappa shape index (κ2) is 6.83. The fourth-order valence-corrected chi connectivity index (χ4v) is 3.13. The van der Waals surface area contributed by atoms with Gasteiger partial charge in [-0.25, -0.2) is 4.98 Å². The predicted octanol–water partition coefficient (Wildman–Crippen LogP) is 5.69. The zero-order valence-electron chi connectivity index (χ0n) is 13.7. The van der Waals surface area contributed by atoms with Crippen molar-refractivity contribution in [3.8, 4) is 0 Å². The SMILES string of the molecule is CCCCCC(C)(C)Cn1c(CCl)nc2ccc(C)cc21. The Morgan fingerprint density at radius 1 is 1.24 bits per heavy atom. The molecule has 2 rings (SSSR count). The van der Waals surface area contributed by atoms with E-state index in [2.05, 4.69) is 55.4 Å². The van der Waals surface area contributed by atoms with Crippen molar-refractivity contribution in [3.63, 3.8) is 0 Å². The van der Waals surface area contributed by atoms with Crippen LogP contribution in [0.15, 0.2) is 18.2 Å². The Bertz CT molecular complexity index is 599. The quantitative estimate of drug-likeness (QED) is 0.474. The van der Waals surface area contributed by atoms with Crippen molar-refractivity contribution in [2.75, 3.05) is 0 Å². The van der Waals surface area contributed by atoms with Gasteiger partial charge in [0.2, 0.25) is 0 Å². The van der Waals surface area contributed by atoms with Gasteiger partial charge in [0.05, 0.1) is 16.9 Å². The molecule has 0 aliphatic heterocycles. The third kappa shape index (κ3) is 4.00. The van der Waals surface area contributed by atoms with Crippen LogP contribution in [0.2, 0.25) is 0 Å². The number of halogens is 1. The van der Waals surface area contributed by atoms with Gasteiger partial charge >= 0.3 is 0 Å². The minimum atomic E-state index is 0.271. The summed E-state index contributed by atoms with van der Waals surface area (Å²) in [5.41, 5.74) is 3.82. The second-order valence-electron chi connectivity index (χ2n) is 6.86. The number of nitrogens with zero attached hydrogens (tertiary/aromatic N) is 2. The summed E-state index contributed by atoms with van der Waals surface area (Å²) in [6.45, 7) is 10.1. The smallest absolute Gasteiger partial charge is 0.124 e. The van der Waals surface area contributed by atoms with Crippen LogP contribution in [-0.4, -0.2) is 9.55 Å². The molecule has 1 aromatic heterocycles. The summed E-state index contributed by atoms with van der Waals surface area (Å²) < 4.78 is 2.32. The van der Waals surface area contributed by atoms with Gasteiger partial charge in [0.15, 0.2) is 0 Å². The van der Waals surface area contributed by atoms with E-state index in [9.17, 15) is 0 Å². The lowest BCUT2D eigenvalue weighted by atomic mass is 9.86. The van der Waals surface area contributed by atoms with Crippen LogP contribution < -0.4 is 0 Å². The van der Waals surface area contributed by atoms with Crippen molar-refractivity contribution in [1.82, 2.24) is 9.55 Å². The maximum absolute atomic E-state index is 6.12. The average Bonchev–Trinajstić information content (AvgIpc) is 2.76. The normalized spacial score (nSPS) is 12.2. The Labute approximate surface area is 133 Å². The third-order valence-corrected chi connectivity index (χ3v) is 4.38. The molecule has 0 amide bonds. The van der Waals surface area contributed by atoms with Crippen LogP contribution in [0, 0.1) is 12.3 Å². The van der Waals surface area contributed by atoms with Crippen LogP contribution in [0.5, 0.6) is 0 Å². The van der Waals surface area contributed by atoms with Crippen molar-refractivity contribution in [3.05, 3.63) is 29.6 Å². The van der Waals surface area contributed by atoms with Gasteiger partial charge in [0.25, 0.3) is 0 Å². The Morgan fingerprint density at radius 2 is 2.00 bits per heavy atom. The lowest BCUT2D eigenvalue weighted by molar-refractivity contribution is 0.272. The first kappa shape index (κ1) is 16.4. The van der Waals surface area contributed by atoms with Crippen molar-refractivity contribution in [1.29, 1.82) is 0 Å². The predicted molar refractivity (Wildman–Crippen MR) is 92.0 cm³/mol. The second-order valence-corrected chi connectivity index (χ2v) is 7.13. The lowest BCUT2D eigenvalue weighted by Crippen LogP contribution is -2.21. The molecule has 0 bridgehead atoms. The monoisotopic (exact) mass is 306 g/mol. The zero-order valence-corrected chi connectivity index (χ0v) is 14.5. The number of aryl methyl sites for hydroxylation is 1. The molecule has 0 aliphatic rings. The van der Waals surface area contributed by atoms with E-state index in [1.54, 1.807) is 0 Å². The van der Waals surface area contributed by atoms with Crippen LogP contribution in [0.4, 0.5) is 0 Å². The topological polar surface area (TPSA) is 17.8 Å². The molecule has 0 unspecified atom stereocenters. The van der Waals surface area contributed by atoms with Gasteiger partial charge in [0.1, 0.15) is 5.82 Å². The molecule has 0 aliphatic carbocycles. The van der Waals surface area contributed by atoms with Gasteiger partial charge in [-0.15, -0.1) is 11.6 Å². The standard InChI is InChI=1S/C18H27ClN2/c1-5-6-7-10-18(3,4)13-21-16-11-14(2)8-9-15(16)20-17(21)12-19/h8-9,11H,5-7,10,12-13H2,1-4H3. The molecule has 0 fully saturated rings. The molecule has 0 N–H and O–H groups in total. The number of benzene rings is 1. The van der Waals surface area contributed by atoms with Crippen LogP contribution >= 0.6 is 11.6 Å². The van der Waals surface area contributed by atoms with Gasteiger partial charge in [-0.05, 0) is 36.5 Å². The molecule has 0 saturated heterocycles. The largest absolute Gasteiger partial charge is 0.326 e. The molecule has 0 radical (unpaired) electrons. The summed E-state index contributed by atoms with van der Waals surface area (Å²) in [5.74, 6) is 1.46. The third-order valence-electron chi connectivity index (χ3n) is 4.15. The fraction of sp³-hybridized carbons (Fsp3) is 0.611. The number of aromatic nitrogens is 2. The first-order chi connectivity index (χ1) is 9.96. The van der Waals surface area contributed by atoms with Crippen LogP contribution in [0.1, 0.15) is 57.8 Å². The van der Waals surface area contributed by atoms with E-state index >= 15 is 0 Å². The average molecular weight is 307 g/mol. The summed E-state index contributed by atoms with van der Waals surface area (Å²) in [6.07, 6.45) is 5.13. The number of unbranched alkanes of at least 4 members (excludes halogenated alkanes) is 2. The number of hydrogen-bond donors (Lipinski definition) is 0. The molecule has 1 aromatic carbocycles. The van der Waals surface area contributed by atoms with Crippen LogP contribution in [0.3, 0.4) is 0 Å². The van der Waals surface area contributed by atoms with Crippen molar-refractivity contribution < 1.29 is 0 Å². The molecule has 2 nitrogen and oxygen atoms in total. The molecule has 3 heteroatoms. The number of alkyl halides is 1.